The summed E-state index contributed by atoms with van der Waals surface area (Å²) in [5.41, 5.74) is 21.6. The highest BCUT2D eigenvalue weighted by Gasteiger charge is 2.51. The zero-order valence-corrected chi connectivity index (χ0v) is 29.8. The lowest BCUT2D eigenvalue weighted by Gasteiger charge is -2.42. The summed E-state index contributed by atoms with van der Waals surface area (Å²) in [5.74, 6) is 0. The van der Waals surface area contributed by atoms with Crippen molar-refractivity contribution in [1.82, 2.24) is 0 Å². The van der Waals surface area contributed by atoms with Crippen LogP contribution in [0.3, 0.4) is 0 Å². The van der Waals surface area contributed by atoms with Crippen LogP contribution in [0.4, 0.5) is 17.1 Å². The van der Waals surface area contributed by atoms with E-state index in [9.17, 15) is 0 Å². The maximum Gasteiger partial charge on any atom is 0.0725 e. The Labute approximate surface area is 311 Å². The molecule has 0 N–H and O–H groups in total. The topological polar surface area (TPSA) is 3.24 Å². The fraction of sp³-hybridized carbons (Fsp3) is 0.0769. The zero-order chi connectivity index (χ0) is 35.3. The Morgan fingerprint density at radius 2 is 0.774 bits per heavy atom. The van der Waals surface area contributed by atoms with E-state index >= 15 is 0 Å². The van der Waals surface area contributed by atoms with Gasteiger partial charge >= 0.3 is 0 Å². The van der Waals surface area contributed by atoms with Crippen molar-refractivity contribution in [2.45, 2.75) is 24.7 Å². The minimum atomic E-state index is -0.381. The Hall–Kier alpha value is -6.44. The van der Waals surface area contributed by atoms with Crippen LogP contribution in [0.25, 0.3) is 44.5 Å². The molecule has 1 atom stereocenters. The summed E-state index contributed by atoms with van der Waals surface area (Å²) >= 11 is 0. The molecule has 53 heavy (non-hydrogen) atoms. The van der Waals surface area contributed by atoms with Crippen LogP contribution in [-0.4, -0.2) is 0 Å². The first-order valence-electron chi connectivity index (χ1n) is 18.7. The molecule has 1 heteroatoms. The maximum absolute atomic E-state index is 2.46. The Morgan fingerprint density at radius 3 is 1.43 bits per heavy atom. The molecule has 2 aliphatic carbocycles. The molecular weight excluding hydrogens is 639 g/mol. The minimum Gasteiger partial charge on any atom is -0.310 e. The molecule has 8 aromatic carbocycles. The first-order valence-corrected chi connectivity index (χ1v) is 18.7. The molecule has 0 aromatic heterocycles. The second kappa shape index (κ2) is 11.0. The van der Waals surface area contributed by atoms with Gasteiger partial charge < -0.3 is 4.90 Å². The number of fused-ring (bicyclic) bond motifs is 12. The summed E-state index contributed by atoms with van der Waals surface area (Å²) in [6.45, 7) is 4.68. The van der Waals surface area contributed by atoms with Gasteiger partial charge in [-0.3, -0.25) is 0 Å². The Kier molecular flexibility index (Phi) is 6.29. The lowest BCUT2D eigenvalue weighted by Crippen LogP contribution is -2.30. The Morgan fingerprint density at radius 1 is 0.321 bits per heavy atom. The minimum absolute atomic E-state index is 0.0782. The van der Waals surface area contributed by atoms with Crippen molar-refractivity contribution in [3.63, 3.8) is 0 Å². The van der Waals surface area contributed by atoms with E-state index in [1.54, 1.807) is 0 Å². The van der Waals surface area contributed by atoms with Crippen LogP contribution in [0.1, 0.15) is 47.2 Å². The van der Waals surface area contributed by atoms with Crippen LogP contribution in [0, 0.1) is 0 Å². The molecule has 1 unspecified atom stereocenters. The van der Waals surface area contributed by atoms with E-state index in [2.05, 4.69) is 207 Å². The van der Waals surface area contributed by atoms with Crippen molar-refractivity contribution >= 4 is 17.1 Å². The SMILES string of the molecule is CC1(C)c2ccccc2N(c2ccc(-c3ccc4c(c3)-c3ccccc3C43c4ccccc4-c4ccc(-c5ccccc5)cc43)cc2)c2ccccc21. The van der Waals surface area contributed by atoms with E-state index in [4.69, 9.17) is 0 Å². The van der Waals surface area contributed by atoms with Crippen LogP contribution < -0.4 is 4.90 Å². The first kappa shape index (κ1) is 30.2. The van der Waals surface area contributed by atoms with E-state index in [-0.39, 0.29) is 10.8 Å². The summed E-state index contributed by atoms with van der Waals surface area (Å²) in [5, 5.41) is 0. The van der Waals surface area contributed by atoms with E-state index in [0.717, 1.165) is 0 Å². The molecule has 0 radical (unpaired) electrons. The third kappa shape index (κ3) is 4.08. The van der Waals surface area contributed by atoms with Crippen LogP contribution in [0.15, 0.2) is 188 Å². The number of hydrogen-bond donors (Lipinski definition) is 0. The van der Waals surface area contributed by atoms with Crippen molar-refractivity contribution in [3.8, 4) is 44.5 Å². The third-order valence-electron chi connectivity index (χ3n) is 12.3. The molecule has 11 rings (SSSR count). The number of nitrogens with zero attached hydrogens (tertiary/aromatic N) is 1. The van der Waals surface area contributed by atoms with Gasteiger partial charge in [0.05, 0.1) is 16.8 Å². The molecule has 0 bridgehead atoms. The van der Waals surface area contributed by atoms with Gasteiger partial charge in [0.2, 0.25) is 0 Å². The van der Waals surface area contributed by atoms with Gasteiger partial charge in [-0.05, 0) is 114 Å². The highest BCUT2D eigenvalue weighted by Crippen LogP contribution is 2.63. The normalized spacial score (nSPS) is 16.7. The second-order valence-corrected chi connectivity index (χ2v) is 15.3. The number of benzene rings is 8. The second-order valence-electron chi connectivity index (χ2n) is 15.3. The first-order chi connectivity index (χ1) is 26.0. The number of rotatable bonds is 3. The fourth-order valence-electron chi connectivity index (χ4n) is 9.88. The molecule has 0 fully saturated rings. The smallest absolute Gasteiger partial charge is 0.0725 e. The van der Waals surface area contributed by atoms with Crippen molar-refractivity contribution in [3.05, 3.63) is 221 Å². The van der Waals surface area contributed by atoms with Gasteiger partial charge in [-0.25, -0.2) is 0 Å². The zero-order valence-electron chi connectivity index (χ0n) is 29.8. The highest BCUT2D eigenvalue weighted by atomic mass is 15.2. The largest absolute Gasteiger partial charge is 0.310 e. The summed E-state index contributed by atoms with van der Waals surface area (Å²) in [4.78, 5) is 2.43. The monoisotopic (exact) mass is 675 g/mol. The van der Waals surface area contributed by atoms with Crippen molar-refractivity contribution in [2.75, 3.05) is 4.90 Å². The van der Waals surface area contributed by atoms with E-state index < -0.39 is 0 Å². The van der Waals surface area contributed by atoms with Gasteiger partial charge in [-0.15, -0.1) is 0 Å². The average molecular weight is 676 g/mol. The van der Waals surface area contributed by atoms with E-state index in [0.29, 0.717) is 0 Å². The standard InChI is InChI=1S/C52H37N/c1-51(2)46-20-10-12-22-49(46)53(50-23-13-11-21-47(50)51)38-28-24-35(25-29-38)36-27-31-45-42(32-36)40-17-7-9-19-44(40)52(45)43-18-8-6-16-39(43)41-30-26-37(33-48(41)52)34-14-4-3-5-15-34/h3-33H,1-2H3. The van der Waals surface area contributed by atoms with Gasteiger partial charge in [0, 0.05) is 11.1 Å². The van der Waals surface area contributed by atoms with Crippen LogP contribution >= 0.6 is 0 Å². The summed E-state index contributed by atoms with van der Waals surface area (Å²) in [6, 6.07) is 70.1. The highest BCUT2D eigenvalue weighted by molar-refractivity contribution is 5.97. The quantitative estimate of drug-likeness (QED) is 0.180. The predicted octanol–water partition coefficient (Wildman–Crippen LogP) is 13.5. The summed E-state index contributed by atoms with van der Waals surface area (Å²) in [6.07, 6.45) is 0. The van der Waals surface area contributed by atoms with Crippen molar-refractivity contribution in [2.24, 2.45) is 0 Å². The molecule has 0 saturated heterocycles. The van der Waals surface area contributed by atoms with E-state index in [1.807, 2.05) is 0 Å². The van der Waals surface area contributed by atoms with Crippen molar-refractivity contribution < 1.29 is 0 Å². The Bertz CT molecular complexity index is 2700. The molecule has 1 heterocycles. The molecule has 1 spiro atoms. The molecule has 8 aromatic rings. The predicted molar refractivity (Wildman–Crippen MR) is 220 cm³/mol. The molecule has 0 saturated carbocycles. The van der Waals surface area contributed by atoms with Gasteiger partial charge in [-0.2, -0.15) is 0 Å². The molecular formula is C52H37N. The molecule has 0 amide bonds. The average Bonchev–Trinajstić information content (AvgIpc) is 3.68. The number of anilines is 3. The van der Waals surface area contributed by atoms with Crippen LogP contribution in [-0.2, 0) is 10.8 Å². The van der Waals surface area contributed by atoms with E-state index in [1.165, 1.54) is 95.0 Å². The number of hydrogen-bond acceptors (Lipinski definition) is 1. The Balaban J connectivity index is 1.06. The molecule has 250 valence electrons. The summed E-state index contributed by atoms with van der Waals surface area (Å²) in [7, 11) is 0. The van der Waals surface area contributed by atoms with Crippen molar-refractivity contribution in [1.29, 1.82) is 0 Å². The van der Waals surface area contributed by atoms with Gasteiger partial charge in [0.25, 0.3) is 0 Å². The summed E-state index contributed by atoms with van der Waals surface area (Å²) < 4.78 is 0. The molecule has 1 aliphatic heterocycles. The number of para-hydroxylation sites is 2. The van der Waals surface area contributed by atoms with Gasteiger partial charge in [0.1, 0.15) is 0 Å². The lowest BCUT2D eigenvalue weighted by atomic mass is 9.70. The van der Waals surface area contributed by atoms with Gasteiger partial charge in [-0.1, -0.05) is 166 Å². The van der Waals surface area contributed by atoms with Crippen LogP contribution in [0.5, 0.6) is 0 Å². The van der Waals surface area contributed by atoms with Crippen LogP contribution in [0.2, 0.25) is 0 Å². The molecule has 3 aliphatic rings. The lowest BCUT2D eigenvalue weighted by molar-refractivity contribution is 0.632. The maximum atomic E-state index is 2.46. The third-order valence-corrected chi connectivity index (χ3v) is 12.3. The molecule has 1 nitrogen and oxygen atoms in total. The fourth-order valence-corrected chi connectivity index (χ4v) is 9.88. The van der Waals surface area contributed by atoms with Gasteiger partial charge in [0.15, 0.2) is 0 Å².